The molecule has 0 aliphatic heterocycles. The van der Waals surface area contributed by atoms with E-state index in [0.29, 0.717) is 22.3 Å². The van der Waals surface area contributed by atoms with Crippen LogP contribution in [-0.2, 0) is 9.84 Å². The smallest absolute Gasteiger partial charge is 0.229 e. The predicted molar refractivity (Wildman–Crippen MR) is 118 cm³/mol. The summed E-state index contributed by atoms with van der Waals surface area (Å²) in [5.41, 5.74) is 3.59. The molecule has 0 aliphatic rings. The second-order valence-electron chi connectivity index (χ2n) is 6.90. The van der Waals surface area contributed by atoms with Gasteiger partial charge in [-0.25, -0.2) is 13.4 Å². The van der Waals surface area contributed by atoms with Crippen LogP contribution in [0.3, 0.4) is 0 Å². The van der Waals surface area contributed by atoms with E-state index in [0.717, 1.165) is 22.3 Å². The number of nitrogens with one attached hydrogen (secondary N) is 2. The molecule has 0 saturated heterocycles. The van der Waals surface area contributed by atoms with Crippen molar-refractivity contribution in [3.8, 4) is 0 Å². The van der Waals surface area contributed by atoms with Crippen LogP contribution >= 0.6 is 0 Å². The Kier molecular flexibility index (Phi) is 5.13. The number of aryl methyl sites for hydroxylation is 1. The third-order valence-electron chi connectivity index (χ3n) is 4.95. The Morgan fingerprint density at radius 2 is 1.87 bits per heavy atom. The van der Waals surface area contributed by atoms with Crippen molar-refractivity contribution in [1.29, 1.82) is 0 Å². The first kappa shape index (κ1) is 19.8. The minimum Gasteiger partial charge on any atom is -0.329 e. The molecule has 0 saturated carbocycles. The summed E-state index contributed by atoms with van der Waals surface area (Å²) in [6, 6.07) is 14.4. The number of H-pyrrole nitrogens is 1. The highest BCUT2D eigenvalue weighted by molar-refractivity contribution is 7.91. The van der Waals surface area contributed by atoms with Crippen molar-refractivity contribution in [2.75, 3.05) is 23.0 Å². The molecule has 0 bridgehead atoms. The van der Waals surface area contributed by atoms with E-state index in [9.17, 15) is 8.42 Å². The molecule has 0 atom stereocenters. The average molecular weight is 423 g/mol. The van der Waals surface area contributed by atoms with E-state index >= 15 is 0 Å². The molecule has 0 unspecified atom stereocenters. The molecule has 2 N–H and O–H groups in total. The van der Waals surface area contributed by atoms with Crippen LogP contribution < -0.4 is 10.2 Å². The number of hydrogen-bond acceptors (Lipinski definition) is 7. The van der Waals surface area contributed by atoms with Crippen molar-refractivity contribution >= 4 is 43.9 Å². The van der Waals surface area contributed by atoms with Crippen molar-refractivity contribution in [3.63, 3.8) is 0 Å². The van der Waals surface area contributed by atoms with Gasteiger partial charge in [0.1, 0.15) is 5.82 Å². The molecule has 2 heterocycles. The molecular weight excluding hydrogens is 400 g/mol. The lowest BCUT2D eigenvalue weighted by atomic mass is 10.2. The first-order valence-corrected chi connectivity index (χ1v) is 11.1. The summed E-state index contributed by atoms with van der Waals surface area (Å²) >= 11 is 0. The average Bonchev–Trinajstić information content (AvgIpc) is 3.14. The number of anilines is 4. The topological polar surface area (TPSA) is 104 Å². The second-order valence-corrected chi connectivity index (χ2v) is 9.18. The van der Waals surface area contributed by atoms with Gasteiger partial charge in [-0.2, -0.15) is 10.1 Å². The highest BCUT2D eigenvalue weighted by Crippen LogP contribution is 2.27. The normalized spacial score (nSPS) is 11.6. The second kappa shape index (κ2) is 7.75. The fourth-order valence-corrected chi connectivity index (χ4v) is 4.00. The van der Waals surface area contributed by atoms with E-state index in [1.807, 2.05) is 43.1 Å². The molecule has 0 amide bonds. The zero-order chi connectivity index (χ0) is 21.3. The molecule has 2 aromatic heterocycles. The summed E-state index contributed by atoms with van der Waals surface area (Å²) in [5.74, 6) is 1.20. The van der Waals surface area contributed by atoms with Crippen molar-refractivity contribution < 1.29 is 8.42 Å². The monoisotopic (exact) mass is 422 g/mol. The number of aromatic nitrogens is 4. The van der Waals surface area contributed by atoms with Gasteiger partial charge in [-0.1, -0.05) is 6.92 Å². The Labute approximate surface area is 174 Å². The van der Waals surface area contributed by atoms with E-state index in [1.165, 1.54) is 0 Å². The van der Waals surface area contributed by atoms with Crippen LogP contribution in [0.5, 0.6) is 0 Å². The quantitative estimate of drug-likeness (QED) is 0.484. The van der Waals surface area contributed by atoms with Gasteiger partial charge in [0.05, 0.1) is 16.2 Å². The molecule has 154 valence electrons. The Morgan fingerprint density at radius 1 is 1.10 bits per heavy atom. The maximum absolute atomic E-state index is 12.0. The lowest BCUT2D eigenvalue weighted by molar-refractivity contribution is 0.597. The molecule has 0 aliphatic carbocycles. The van der Waals surface area contributed by atoms with Crippen LogP contribution in [0.25, 0.3) is 10.9 Å². The number of fused-ring (bicyclic) bond motifs is 1. The summed E-state index contributed by atoms with van der Waals surface area (Å²) in [4.78, 5) is 11.1. The minimum absolute atomic E-state index is 0.0703. The van der Waals surface area contributed by atoms with Crippen molar-refractivity contribution in [3.05, 3.63) is 60.4 Å². The largest absolute Gasteiger partial charge is 0.329 e. The molecule has 4 rings (SSSR count). The Morgan fingerprint density at radius 3 is 2.60 bits per heavy atom. The summed E-state index contributed by atoms with van der Waals surface area (Å²) < 4.78 is 23.9. The van der Waals surface area contributed by atoms with Crippen LogP contribution in [-0.4, -0.2) is 41.4 Å². The van der Waals surface area contributed by atoms with Crippen molar-refractivity contribution in [2.24, 2.45) is 0 Å². The molecule has 0 spiro atoms. The van der Waals surface area contributed by atoms with Gasteiger partial charge in [-0.3, -0.25) is 5.10 Å². The highest BCUT2D eigenvalue weighted by Gasteiger charge is 2.12. The van der Waals surface area contributed by atoms with Gasteiger partial charge < -0.3 is 10.2 Å². The first-order chi connectivity index (χ1) is 14.4. The first-order valence-electron chi connectivity index (χ1n) is 9.49. The molecule has 2 aromatic carbocycles. The lowest BCUT2D eigenvalue weighted by Crippen LogP contribution is -2.12. The fraction of sp³-hybridized carbons (Fsp3) is 0.190. The van der Waals surface area contributed by atoms with Gasteiger partial charge >= 0.3 is 0 Å². The third kappa shape index (κ3) is 3.84. The number of hydrogen-bond donors (Lipinski definition) is 2. The van der Waals surface area contributed by atoms with E-state index in [1.54, 1.807) is 37.4 Å². The number of aromatic amines is 1. The molecule has 0 radical (unpaired) electrons. The molecule has 30 heavy (non-hydrogen) atoms. The van der Waals surface area contributed by atoms with Crippen LogP contribution in [0.2, 0.25) is 0 Å². The zero-order valence-electron chi connectivity index (χ0n) is 16.9. The molecular formula is C21H22N6O2S. The van der Waals surface area contributed by atoms with Gasteiger partial charge in [0.25, 0.3) is 0 Å². The highest BCUT2D eigenvalue weighted by atomic mass is 32.2. The number of benzene rings is 2. The number of sulfone groups is 1. The molecule has 4 aromatic rings. The van der Waals surface area contributed by atoms with Gasteiger partial charge in [0.15, 0.2) is 9.84 Å². The summed E-state index contributed by atoms with van der Waals surface area (Å²) in [5, 5.41) is 11.5. The maximum atomic E-state index is 12.0. The van der Waals surface area contributed by atoms with Gasteiger partial charge in [0, 0.05) is 35.7 Å². The minimum atomic E-state index is -3.22. The molecule has 8 nitrogen and oxygen atoms in total. The molecule has 0 fully saturated rings. The van der Waals surface area contributed by atoms with Crippen LogP contribution in [0.15, 0.2) is 59.6 Å². The maximum Gasteiger partial charge on any atom is 0.229 e. The lowest BCUT2D eigenvalue weighted by Gasteiger charge is -2.19. The van der Waals surface area contributed by atoms with Gasteiger partial charge in [-0.15, -0.1) is 0 Å². The number of nitrogens with zero attached hydrogens (tertiary/aromatic N) is 4. The summed E-state index contributed by atoms with van der Waals surface area (Å²) in [6.45, 7) is 3.62. The summed E-state index contributed by atoms with van der Waals surface area (Å²) in [6.07, 6.45) is 1.67. The zero-order valence-corrected chi connectivity index (χ0v) is 17.7. The van der Waals surface area contributed by atoms with E-state index in [-0.39, 0.29) is 5.75 Å². The van der Waals surface area contributed by atoms with E-state index in [4.69, 9.17) is 0 Å². The van der Waals surface area contributed by atoms with E-state index < -0.39 is 9.84 Å². The Hall–Kier alpha value is -3.46. The van der Waals surface area contributed by atoms with Crippen LogP contribution in [0.4, 0.5) is 23.1 Å². The van der Waals surface area contributed by atoms with E-state index in [2.05, 4.69) is 25.5 Å². The van der Waals surface area contributed by atoms with Crippen LogP contribution in [0, 0.1) is 6.92 Å². The fourth-order valence-electron chi connectivity index (χ4n) is 3.11. The Bertz CT molecular complexity index is 1300. The SMILES string of the molecule is CCS(=O)(=O)c1ccc(Nc2nccc(N(C)c3ccc4c(C)[nH]nc4c3)n2)cc1. The summed E-state index contributed by atoms with van der Waals surface area (Å²) in [7, 11) is -1.30. The van der Waals surface area contributed by atoms with Gasteiger partial charge in [0.2, 0.25) is 5.95 Å². The van der Waals surface area contributed by atoms with Crippen molar-refractivity contribution in [1.82, 2.24) is 20.2 Å². The predicted octanol–water partition coefficient (Wildman–Crippen LogP) is 3.97. The van der Waals surface area contributed by atoms with Gasteiger partial charge in [-0.05, 0) is 55.5 Å². The molecule has 9 heteroatoms. The Balaban J connectivity index is 1.56. The van der Waals surface area contributed by atoms with Crippen LogP contribution in [0.1, 0.15) is 12.6 Å². The van der Waals surface area contributed by atoms with Crippen molar-refractivity contribution in [2.45, 2.75) is 18.7 Å². The standard InChI is InChI=1S/C21H22N6O2S/c1-4-30(28,29)17-8-5-15(6-9-17)23-21-22-12-11-20(24-21)27(3)16-7-10-18-14(2)25-26-19(18)13-16/h5-13H,4H2,1-3H3,(H,25,26)(H,22,23,24). The number of rotatable bonds is 6. The third-order valence-corrected chi connectivity index (χ3v) is 6.70.